The molecule has 1 aliphatic carbocycles. The zero-order valence-corrected chi connectivity index (χ0v) is 16.2. The number of hydrogen-bond donors (Lipinski definition) is 1. The van der Waals surface area contributed by atoms with Gasteiger partial charge in [0.1, 0.15) is 5.75 Å². The highest BCUT2D eigenvalue weighted by Gasteiger charge is 2.25. The molecular weight excluding hydrogens is 348 g/mol. The van der Waals surface area contributed by atoms with Gasteiger partial charge in [-0.2, -0.15) is 0 Å². The summed E-state index contributed by atoms with van der Waals surface area (Å²) in [6.45, 7) is 6.11. The number of aromatic nitrogens is 1. The number of carbonyl (C=O) groups is 2. The summed E-state index contributed by atoms with van der Waals surface area (Å²) >= 11 is 1.27. The number of nitrogens with zero attached hydrogens (tertiary/aromatic N) is 1. The zero-order chi connectivity index (χ0) is 18.7. The fraction of sp³-hybridized carbons (Fsp3) is 0.450. The first kappa shape index (κ1) is 18.6. The van der Waals surface area contributed by atoms with Crippen LogP contribution in [0.15, 0.2) is 24.3 Å². The molecule has 3 rings (SSSR count). The van der Waals surface area contributed by atoms with Crippen LogP contribution in [0.2, 0.25) is 0 Å². The van der Waals surface area contributed by atoms with Gasteiger partial charge in [0, 0.05) is 6.42 Å². The number of amides is 1. The van der Waals surface area contributed by atoms with Gasteiger partial charge >= 0.3 is 0 Å². The van der Waals surface area contributed by atoms with Gasteiger partial charge in [-0.15, -0.1) is 0 Å². The Hall–Kier alpha value is -2.21. The van der Waals surface area contributed by atoms with Crippen LogP contribution in [-0.4, -0.2) is 22.8 Å². The number of hydrogen-bond acceptors (Lipinski definition) is 5. The number of Topliss-reactive ketones (excluding diaryl/α,β-unsaturated/α-hetero) is 1. The first-order valence-corrected chi connectivity index (χ1v) is 9.90. The lowest BCUT2D eigenvalue weighted by Crippen LogP contribution is -2.32. The number of nitrogens with one attached hydrogen (secondary N) is 1. The number of anilines is 1. The highest BCUT2D eigenvalue weighted by molar-refractivity contribution is 7.17. The first-order valence-electron chi connectivity index (χ1n) is 9.09. The fourth-order valence-corrected chi connectivity index (χ4v) is 4.03. The summed E-state index contributed by atoms with van der Waals surface area (Å²) < 4.78 is 6.01. The van der Waals surface area contributed by atoms with Crippen LogP contribution in [0.4, 0.5) is 5.13 Å². The Labute approximate surface area is 157 Å². The number of ketones is 1. The fourth-order valence-electron chi connectivity index (χ4n) is 3.05. The Bertz CT molecular complexity index is 813. The maximum atomic E-state index is 12.7. The van der Waals surface area contributed by atoms with Crippen LogP contribution in [0, 0.1) is 0 Å². The van der Waals surface area contributed by atoms with Crippen molar-refractivity contribution < 1.29 is 14.3 Å². The Morgan fingerprint density at radius 1 is 1.31 bits per heavy atom. The summed E-state index contributed by atoms with van der Waals surface area (Å²) in [4.78, 5) is 29.7. The summed E-state index contributed by atoms with van der Waals surface area (Å²) in [6.07, 6.45) is 2.13. The number of fused-ring (bicyclic) bond motifs is 1. The molecule has 1 heterocycles. The topological polar surface area (TPSA) is 68.3 Å². The SMILES string of the molecule is CCC(Oc1ccccc1C(C)C)C(=O)Nc1nc2c(s1)C(=O)CCC2. The average molecular weight is 372 g/mol. The van der Waals surface area contributed by atoms with Gasteiger partial charge in [-0.1, -0.05) is 50.3 Å². The Morgan fingerprint density at radius 3 is 2.77 bits per heavy atom. The average Bonchev–Trinajstić information content (AvgIpc) is 3.03. The van der Waals surface area contributed by atoms with Crippen LogP contribution < -0.4 is 10.1 Å². The number of carbonyl (C=O) groups excluding carboxylic acids is 2. The third kappa shape index (κ3) is 3.96. The smallest absolute Gasteiger partial charge is 0.267 e. The van der Waals surface area contributed by atoms with Crippen LogP contribution in [0.3, 0.4) is 0 Å². The molecular formula is C20H24N2O3S. The molecule has 0 bridgehead atoms. The van der Waals surface area contributed by atoms with Crippen LogP contribution in [0.5, 0.6) is 5.75 Å². The molecule has 26 heavy (non-hydrogen) atoms. The van der Waals surface area contributed by atoms with Gasteiger partial charge in [0.05, 0.1) is 10.6 Å². The van der Waals surface area contributed by atoms with E-state index in [0.29, 0.717) is 28.8 Å². The predicted molar refractivity (Wildman–Crippen MR) is 103 cm³/mol. The summed E-state index contributed by atoms with van der Waals surface area (Å²) in [5.74, 6) is 0.935. The molecule has 0 aliphatic heterocycles. The predicted octanol–water partition coefficient (Wildman–Crippen LogP) is 4.58. The first-order chi connectivity index (χ1) is 12.5. The van der Waals surface area contributed by atoms with E-state index in [2.05, 4.69) is 24.1 Å². The number of thiazole rings is 1. The van der Waals surface area contributed by atoms with E-state index in [1.54, 1.807) is 0 Å². The van der Waals surface area contributed by atoms with Gasteiger partial charge in [0.2, 0.25) is 0 Å². The molecule has 1 aromatic carbocycles. The van der Waals surface area contributed by atoms with Crippen molar-refractivity contribution in [3.05, 3.63) is 40.4 Å². The zero-order valence-electron chi connectivity index (χ0n) is 15.4. The lowest BCUT2D eigenvalue weighted by atomic mass is 10.0. The van der Waals surface area contributed by atoms with E-state index in [1.807, 2.05) is 31.2 Å². The molecule has 1 aromatic heterocycles. The van der Waals surface area contributed by atoms with Gasteiger partial charge < -0.3 is 4.74 Å². The quantitative estimate of drug-likeness (QED) is 0.806. The third-order valence-electron chi connectivity index (χ3n) is 4.47. The van der Waals surface area contributed by atoms with Crippen molar-refractivity contribution in [1.29, 1.82) is 0 Å². The van der Waals surface area contributed by atoms with Crippen LogP contribution in [-0.2, 0) is 11.2 Å². The molecule has 0 saturated carbocycles. The van der Waals surface area contributed by atoms with E-state index in [9.17, 15) is 9.59 Å². The molecule has 6 heteroatoms. The molecule has 1 aliphatic rings. The van der Waals surface area contributed by atoms with Crippen molar-refractivity contribution in [3.8, 4) is 5.75 Å². The van der Waals surface area contributed by atoms with Crippen molar-refractivity contribution in [2.24, 2.45) is 0 Å². The minimum absolute atomic E-state index is 0.124. The largest absolute Gasteiger partial charge is 0.480 e. The maximum Gasteiger partial charge on any atom is 0.267 e. The minimum Gasteiger partial charge on any atom is -0.480 e. The van der Waals surface area contributed by atoms with Gasteiger partial charge in [0.15, 0.2) is 17.0 Å². The van der Waals surface area contributed by atoms with Gasteiger partial charge in [-0.05, 0) is 36.8 Å². The van der Waals surface area contributed by atoms with E-state index in [-0.39, 0.29) is 11.7 Å². The molecule has 0 fully saturated rings. The molecule has 5 nitrogen and oxygen atoms in total. The Morgan fingerprint density at radius 2 is 2.08 bits per heavy atom. The van der Waals surface area contributed by atoms with E-state index in [4.69, 9.17) is 4.74 Å². The molecule has 1 N–H and O–H groups in total. The van der Waals surface area contributed by atoms with Gasteiger partial charge in [-0.3, -0.25) is 14.9 Å². The minimum atomic E-state index is -0.605. The molecule has 0 spiro atoms. The number of para-hydroxylation sites is 1. The number of aryl methyl sites for hydroxylation is 1. The van der Waals surface area contributed by atoms with E-state index >= 15 is 0 Å². The highest BCUT2D eigenvalue weighted by Crippen LogP contribution is 2.30. The monoisotopic (exact) mass is 372 g/mol. The molecule has 1 atom stereocenters. The summed E-state index contributed by atoms with van der Waals surface area (Å²) in [5, 5.41) is 3.31. The second kappa shape index (κ2) is 7.99. The van der Waals surface area contributed by atoms with Crippen molar-refractivity contribution in [3.63, 3.8) is 0 Å². The van der Waals surface area contributed by atoms with Crippen LogP contribution >= 0.6 is 11.3 Å². The Kier molecular flexibility index (Phi) is 5.71. The second-order valence-corrected chi connectivity index (χ2v) is 7.77. The number of benzene rings is 1. The van der Waals surface area contributed by atoms with Crippen molar-refractivity contribution in [2.45, 2.75) is 58.5 Å². The second-order valence-electron chi connectivity index (χ2n) is 6.77. The Balaban J connectivity index is 1.73. The molecule has 0 radical (unpaired) electrons. The number of ether oxygens (including phenoxy) is 1. The van der Waals surface area contributed by atoms with Gasteiger partial charge in [-0.25, -0.2) is 4.98 Å². The van der Waals surface area contributed by atoms with Crippen LogP contribution in [0.25, 0.3) is 0 Å². The summed E-state index contributed by atoms with van der Waals surface area (Å²) in [6, 6.07) is 7.80. The van der Waals surface area contributed by atoms with E-state index < -0.39 is 6.10 Å². The van der Waals surface area contributed by atoms with Crippen molar-refractivity contribution in [2.75, 3.05) is 5.32 Å². The molecule has 1 amide bonds. The molecule has 0 saturated heterocycles. The lowest BCUT2D eigenvalue weighted by molar-refractivity contribution is -0.122. The standard InChI is InChI=1S/C20H24N2O3S/c1-4-16(25-17-11-6-5-8-13(17)12(2)3)19(24)22-20-21-14-9-7-10-15(23)18(14)26-20/h5-6,8,11-12,16H,4,7,9-10H2,1-3H3,(H,21,22,24). The molecule has 2 aromatic rings. The number of rotatable bonds is 6. The summed E-state index contributed by atoms with van der Waals surface area (Å²) in [5.41, 5.74) is 1.88. The summed E-state index contributed by atoms with van der Waals surface area (Å²) in [7, 11) is 0. The third-order valence-corrected chi connectivity index (χ3v) is 5.53. The van der Waals surface area contributed by atoms with Crippen molar-refractivity contribution >= 4 is 28.2 Å². The van der Waals surface area contributed by atoms with E-state index in [1.165, 1.54) is 11.3 Å². The maximum absolute atomic E-state index is 12.7. The van der Waals surface area contributed by atoms with Crippen molar-refractivity contribution in [1.82, 2.24) is 4.98 Å². The highest BCUT2D eigenvalue weighted by atomic mass is 32.1. The van der Waals surface area contributed by atoms with Crippen LogP contribution in [0.1, 0.15) is 66.9 Å². The van der Waals surface area contributed by atoms with Gasteiger partial charge in [0.25, 0.3) is 5.91 Å². The molecule has 138 valence electrons. The van der Waals surface area contributed by atoms with E-state index in [0.717, 1.165) is 29.8 Å². The normalized spacial score (nSPS) is 14.8. The lowest BCUT2D eigenvalue weighted by Gasteiger charge is -2.20. The molecule has 1 unspecified atom stereocenters.